The Bertz CT molecular complexity index is 770. The minimum atomic E-state index is -1.10. The monoisotopic (exact) mass is 337 g/mol. The second-order valence-electron chi connectivity index (χ2n) is 5.47. The molecule has 0 unspecified atom stereocenters. The molecule has 0 aliphatic heterocycles. The zero-order valence-electron chi connectivity index (χ0n) is 13.3. The third-order valence-electron chi connectivity index (χ3n) is 3.63. The number of rotatable bonds is 6. The number of carboxylic acid groups (broad SMARTS) is 1. The Labute approximate surface area is 137 Å². The largest absolute Gasteiger partial charge is 0.478 e. The van der Waals surface area contributed by atoms with Crippen LogP contribution in [0.25, 0.3) is 0 Å². The summed E-state index contributed by atoms with van der Waals surface area (Å²) in [5, 5.41) is 8.97. The van der Waals surface area contributed by atoms with Gasteiger partial charge in [-0.15, -0.1) is 0 Å². The van der Waals surface area contributed by atoms with E-state index in [9.17, 15) is 18.4 Å². The first-order chi connectivity index (χ1) is 11.3. The molecule has 0 saturated carbocycles. The Hall–Kier alpha value is -2.70. The zero-order chi connectivity index (χ0) is 17.9. The first-order valence-electron chi connectivity index (χ1n) is 7.28. The van der Waals surface area contributed by atoms with Gasteiger partial charge in [-0.1, -0.05) is 0 Å². The van der Waals surface area contributed by atoms with Crippen LogP contribution in [0.5, 0.6) is 0 Å². The molecular weight excluding hydrogens is 320 g/mol. The highest BCUT2D eigenvalue weighted by Crippen LogP contribution is 2.17. The van der Waals surface area contributed by atoms with Gasteiger partial charge < -0.3 is 14.4 Å². The fraction of sp³-hybridized carbons (Fsp3) is 0.294. The molecule has 2 aromatic rings. The lowest BCUT2D eigenvalue weighted by Crippen LogP contribution is -2.26. The maximum Gasteiger partial charge on any atom is 0.339 e. The second-order valence-corrected chi connectivity index (χ2v) is 5.47. The molecule has 1 aromatic carbocycles. The van der Waals surface area contributed by atoms with Crippen LogP contribution in [-0.4, -0.2) is 28.9 Å². The van der Waals surface area contributed by atoms with Crippen molar-refractivity contribution >= 4 is 11.9 Å². The average molecular weight is 337 g/mol. The number of hydrogen-bond donors (Lipinski definition) is 1. The Morgan fingerprint density at radius 2 is 1.96 bits per heavy atom. The van der Waals surface area contributed by atoms with E-state index < -0.39 is 17.6 Å². The second kappa shape index (κ2) is 7.25. The first-order valence-corrected chi connectivity index (χ1v) is 7.28. The lowest BCUT2D eigenvalue weighted by atomic mass is 10.1. The number of aryl methyl sites for hydroxylation is 2. The molecule has 128 valence electrons. The fourth-order valence-electron chi connectivity index (χ4n) is 2.32. The van der Waals surface area contributed by atoms with Crippen molar-refractivity contribution in [2.45, 2.75) is 26.3 Å². The molecule has 0 fully saturated rings. The molecule has 7 heteroatoms. The lowest BCUT2D eigenvalue weighted by molar-refractivity contribution is -0.130. The minimum absolute atomic E-state index is 0.00233. The molecule has 1 N–H and O–H groups in total. The molecule has 2 rings (SSSR count). The van der Waals surface area contributed by atoms with Crippen molar-refractivity contribution in [3.8, 4) is 0 Å². The molecule has 0 aliphatic carbocycles. The fourth-order valence-corrected chi connectivity index (χ4v) is 2.32. The molecule has 0 spiro atoms. The SMILES string of the molecule is Cc1oc(CN(C)C(=O)CCc2cc(F)ccc2F)cc1C(=O)O. The molecule has 0 radical (unpaired) electrons. The van der Waals surface area contributed by atoms with E-state index in [4.69, 9.17) is 9.52 Å². The number of halogens is 2. The highest BCUT2D eigenvalue weighted by atomic mass is 19.1. The number of benzene rings is 1. The Morgan fingerprint density at radius 3 is 2.58 bits per heavy atom. The Kier molecular flexibility index (Phi) is 5.33. The third-order valence-corrected chi connectivity index (χ3v) is 3.63. The normalized spacial score (nSPS) is 10.7. The van der Waals surface area contributed by atoms with Crippen LogP contribution >= 0.6 is 0 Å². The molecule has 1 amide bonds. The number of aromatic carboxylic acids is 1. The van der Waals surface area contributed by atoms with E-state index in [1.165, 1.54) is 24.9 Å². The number of hydrogen-bond acceptors (Lipinski definition) is 3. The van der Waals surface area contributed by atoms with E-state index in [-0.39, 0.29) is 42.2 Å². The van der Waals surface area contributed by atoms with Crippen molar-refractivity contribution in [1.82, 2.24) is 4.90 Å². The predicted octanol–water partition coefficient (Wildman–Crippen LogP) is 3.16. The van der Waals surface area contributed by atoms with Gasteiger partial charge in [-0.3, -0.25) is 4.79 Å². The minimum Gasteiger partial charge on any atom is -0.478 e. The molecule has 24 heavy (non-hydrogen) atoms. The molecule has 0 saturated heterocycles. The summed E-state index contributed by atoms with van der Waals surface area (Å²) in [6, 6.07) is 4.48. The molecule has 0 aliphatic rings. The van der Waals surface area contributed by atoms with Gasteiger partial charge >= 0.3 is 5.97 Å². The maximum atomic E-state index is 13.5. The van der Waals surface area contributed by atoms with E-state index >= 15 is 0 Å². The number of nitrogens with zero attached hydrogens (tertiary/aromatic N) is 1. The third kappa shape index (κ3) is 4.18. The van der Waals surface area contributed by atoms with Gasteiger partial charge in [0.05, 0.1) is 6.54 Å². The number of carbonyl (C=O) groups excluding carboxylic acids is 1. The van der Waals surface area contributed by atoms with Crippen LogP contribution in [-0.2, 0) is 17.8 Å². The van der Waals surface area contributed by atoms with Crippen molar-refractivity contribution in [2.75, 3.05) is 7.05 Å². The quantitative estimate of drug-likeness (QED) is 0.879. The molecular formula is C17H17F2NO4. The van der Waals surface area contributed by atoms with E-state index in [2.05, 4.69) is 0 Å². The van der Waals surface area contributed by atoms with Gasteiger partial charge in [0.2, 0.25) is 5.91 Å². The van der Waals surface area contributed by atoms with E-state index in [1.54, 1.807) is 0 Å². The summed E-state index contributed by atoms with van der Waals surface area (Å²) in [4.78, 5) is 24.4. The summed E-state index contributed by atoms with van der Waals surface area (Å²) in [5.74, 6) is -1.89. The van der Waals surface area contributed by atoms with Crippen LogP contribution < -0.4 is 0 Å². The van der Waals surface area contributed by atoms with Crippen LogP contribution in [0.3, 0.4) is 0 Å². The van der Waals surface area contributed by atoms with E-state index in [0.29, 0.717) is 5.76 Å². The molecule has 0 atom stereocenters. The van der Waals surface area contributed by atoms with Crippen molar-refractivity contribution in [1.29, 1.82) is 0 Å². The summed E-state index contributed by atoms with van der Waals surface area (Å²) >= 11 is 0. The van der Waals surface area contributed by atoms with Crippen LogP contribution in [0.1, 0.15) is 33.9 Å². The molecule has 0 bridgehead atoms. The Morgan fingerprint density at radius 1 is 1.25 bits per heavy atom. The number of amides is 1. The van der Waals surface area contributed by atoms with Crippen LogP contribution in [0, 0.1) is 18.6 Å². The van der Waals surface area contributed by atoms with Crippen molar-refractivity contribution in [3.63, 3.8) is 0 Å². The van der Waals surface area contributed by atoms with Crippen LogP contribution in [0.15, 0.2) is 28.7 Å². The van der Waals surface area contributed by atoms with Crippen molar-refractivity contribution in [3.05, 3.63) is 58.5 Å². The van der Waals surface area contributed by atoms with Crippen LogP contribution in [0.4, 0.5) is 8.78 Å². The summed E-state index contributed by atoms with van der Waals surface area (Å²) in [7, 11) is 1.53. The summed E-state index contributed by atoms with van der Waals surface area (Å²) in [5.41, 5.74) is 0.187. The van der Waals surface area contributed by atoms with E-state index in [0.717, 1.165) is 18.2 Å². The lowest BCUT2D eigenvalue weighted by Gasteiger charge is -2.15. The Balaban J connectivity index is 1.96. The van der Waals surface area contributed by atoms with Crippen molar-refractivity contribution in [2.24, 2.45) is 0 Å². The number of carbonyl (C=O) groups is 2. The van der Waals surface area contributed by atoms with Crippen molar-refractivity contribution < 1.29 is 27.9 Å². The number of furan rings is 1. The molecule has 1 aromatic heterocycles. The smallest absolute Gasteiger partial charge is 0.339 e. The van der Waals surface area contributed by atoms with Gasteiger partial charge in [0.25, 0.3) is 0 Å². The maximum absolute atomic E-state index is 13.5. The number of carboxylic acids is 1. The van der Waals surface area contributed by atoms with Gasteiger partial charge in [-0.25, -0.2) is 13.6 Å². The van der Waals surface area contributed by atoms with Gasteiger partial charge in [0.1, 0.15) is 28.7 Å². The summed E-state index contributed by atoms with van der Waals surface area (Å²) in [6.45, 7) is 1.63. The summed E-state index contributed by atoms with van der Waals surface area (Å²) < 4.78 is 31.9. The average Bonchev–Trinajstić information content (AvgIpc) is 2.88. The zero-order valence-corrected chi connectivity index (χ0v) is 13.3. The molecule has 1 heterocycles. The van der Waals surface area contributed by atoms with Gasteiger partial charge in [-0.05, 0) is 43.2 Å². The predicted molar refractivity (Wildman–Crippen MR) is 81.6 cm³/mol. The van der Waals surface area contributed by atoms with Gasteiger partial charge in [-0.2, -0.15) is 0 Å². The van der Waals surface area contributed by atoms with Gasteiger partial charge in [0.15, 0.2) is 0 Å². The van der Waals surface area contributed by atoms with Gasteiger partial charge in [0, 0.05) is 13.5 Å². The molecule has 5 nitrogen and oxygen atoms in total. The highest BCUT2D eigenvalue weighted by Gasteiger charge is 2.17. The topological polar surface area (TPSA) is 70.8 Å². The highest BCUT2D eigenvalue weighted by molar-refractivity contribution is 5.88. The first kappa shape index (κ1) is 17.7. The summed E-state index contributed by atoms with van der Waals surface area (Å²) in [6.07, 6.45) is 0.0761. The van der Waals surface area contributed by atoms with E-state index in [1.807, 2.05) is 0 Å². The standard InChI is InChI=1S/C17H17F2NO4/c1-10-14(17(22)23)8-13(24-10)9-20(2)16(21)6-3-11-7-12(18)4-5-15(11)19/h4-5,7-8H,3,6,9H2,1-2H3,(H,22,23). The van der Waals surface area contributed by atoms with Crippen LogP contribution in [0.2, 0.25) is 0 Å².